The van der Waals surface area contributed by atoms with Gasteiger partial charge in [-0.25, -0.2) is 4.79 Å². The number of hydrogen-bond acceptors (Lipinski definition) is 4. The second kappa shape index (κ2) is 3.69. The summed E-state index contributed by atoms with van der Waals surface area (Å²) in [6, 6.07) is 6.32. The molecule has 2 aromatic rings. The number of nitrogens with two attached hydrogens (primary N) is 1. The van der Waals surface area contributed by atoms with Crippen molar-refractivity contribution in [3.05, 3.63) is 41.2 Å². The van der Waals surface area contributed by atoms with Gasteiger partial charge in [0.25, 0.3) is 0 Å². The molecule has 0 radical (unpaired) electrons. The first-order valence-corrected chi connectivity index (χ1v) is 4.63. The van der Waals surface area contributed by atoms with Gasteiger partial charge in [0.15, 0.2) is 6.20 Å². The van der Waals surface area contributed by atoms with Gasteiger partial charge in [-0.2, -0.15) is 4.73 Å². The molecule has 0 saturated carbocycles. The zero-order valence-corrected chi connectivity index (χ0v) is 8.64. The van der Waals surface area contributed by atoms with Gasteiger partial charge >= 0.3 is 5.97 Å². The molecule has 1 heterocycles. The largest absolute Gasteiger partial charge is 0.618 e. The van der Waals surface area contributed by atoms with Crippen LogP contribution in [0.1, 0.15) is 10.4 Å². The van der Waals surface area contributed by atoms with E-state index in [1.807, 2.05) is 0 Å². The average molecular weight is 218 g/mol. The number of nitrogen functional groups attached to an aromatic ring is 1. The summed E-state index contributed by atoms with van der Waals surface area (Å²) in [5.41, 5.74) is 6.67. The van der Waals surface area contributed by atoms with E-state index in [4.69, 9.17) is 5.73 Å². The van der Waals surface area contributed by atoms with Gasteiger partial charge in [-0.15, -0.1) is 0 Å². The smallest absolute Gasteiger partial charge is 0.337 e. The number of pyridine rings is 1. The van der Waals surface area contributed by atoms with E-state index in [1.54, 1.807) is 18.2 Å². The third-order valence-corrected chi connectivity index (χ3v) is 2.31. The molecule has 0 spiro atoms. The number of fused-ring (bicyclic) bond motifs is 1. The van der Waals surface area contributed by atoms with E-state index in [0.29, 0.717) is 21.2 Å². The second-order valence-corrected chi connectivity index (χ2v) is 3.33. The van der Waals surface area contributed by atoms with Gasteiger partial charge < -0.3 is 15.7 Å². The molecule has 16 heavy (non-hydrogen) atoms. The Morgan fingerprint density at radius 1 is 1.50 bits per heavy atom. The van der Waals surface area contributed by atoms with Gasteiger partial charge in [-0.3, -0.25) is 0 Å². The lowest BCUT2D eigenvalue weighted by Gasteiger charge is -2.05. The highest BCUT2D eigenvalue weighted by atomic mass is 16.5. The zero-order chi connectivity index (χ0) is 11.7. The van der Waals surface area contributed by atoms with Crippen LogP contribution in [0.2, 0.25) is 0 Å². The number of anilines is 1. The molecule has 2 rings (SSSR count). The van der Waals surface area contributed by atoms with E-state index in [2.05, 4.69) is 4.74 Å². The highest BCUT2D eigenvalue weighted by molar-refractivity contribution is 5.98. The van der Waals surface area contributed by atoms with Crippen LogP contribution in [0.4, 0.5) is 5.69 Å². The fourth-order valence-corrected chi connectivity index (χ4v) is 1.60. The van der Waals surface area contributed by atoms with Crippen LogP contribution in [0.15, 0.2) is 30.5 Å². The standard InChI is InChI=1S/C11H10N2O3/c1-16-11(14)8-5-7-3-2-4-13(15)10(7)9(12)6-8/h2-6H,12H2,1H3. The molecule has 0 aliphatic heterocycles. The molecule has 0 amide bonds. The predicted molar refractivity (Wildman–Crippen MR) is 58.7 cm³/mol. The Balaban J connectivity index is 2.73. The van der Waals surface area contributed by atoms with E-state index in [1.165, 1.54) is 19.4 Å². The lowest BCUT2D eigenvalue weighted by atomic mass is 10.1. The average Bonchev–Trinajstić information content (AvgIpc) is 2.27. The van der Waals surface area contributed by atoms with Gasteiger partial charge in [0.1, 0.15) is 5.69 Å². The number of benzene rings is 1. The van der Waals surface area contributed by atoms with Crippen molar-refractivity contribution in [3.8, 4) is 0 Å². The van der Waals surface area contributed by atoms with Gasteiger partial charge in [0.05, 0.1) is 18.1 Å². The minimum absolute atomic E-state index is 0.258. The molecular weight excluding hydrogens is 208 g/mol. The van der Waals surface area contributed by atoms with Crippen molar-refractivity contribution in [2.45, 2.75) is 0 Å². The van der Waals surface area contributed by atoms with Crippen molar-refractivity contribution in [2.75, 3.05) is 12.8 Å². The summed E-state index contributed by atoms with van der Waals surface area (Å²) in [4.78, 5) is 11.3. The lowest BCUT2D eigenvalue weighted by Crippen LogP contribution is -2.27. The topological polar surface area (TPSA) is 79.3 Å². The van der Waals surface area contributed by atoms with Gasteiger partial charge in [0.2, 0.25) is 5.52 Å². The normalized spacial score (nSPS) is 10.3. The van der Waals surface area contributed by atoms with Crippen LogP contribution >= 0.6 is 0 Å². The fraction of sp³-hybridized carbons (Fsp3) is 0.0909. The van der Waals surface area contributed by atoms with Crippen molar-refractivity contribution in [1.29, 1.82) is 0 Å². The first kappa shape index (κ1) is 10.2. The van der Waals surface area contributed by atoms with Crippen LogP contribution in [-0.4, -0.2) is 13.1 Å². The Labute approximate surface area is 91.6 Å². The van der Waals surface area contributed by atoms with Crippen molar-refractivity contribution >= 4 is 22.6 Å². The summed E-state index contributed by atoms with van der Waals surface area (Å²) in [5, 5.41) is 12.1. The molecule has 0 atom stereocenters. The maximum absolute atomic E-state index is 11.5. The van der Waals surface area contributed by atoms with E-state index in [9.17, 15) is 10.0 Å². The summed E-state index contributed by atoms with van der Waals surface area (Å²) in [6.45, 7) is 0. The monoisotopic (exact) mass is 218 g/mol. The summed E-state index contributed by atoms with van der Waals surface area (Å²) in [6.07, 6.45) is 1.36. The Morgan fingerprint density at radius 3 is 2.94 bits per heavy atom. The molecule has 0 saturated heterocycles. The number of aromatic nitrogens is 1. The summed E-state index contributed by atoms with van der Waals surface area (Å²) in [7, 11) is 1.29. The first-order valence-electron chi connectivity index (χ1n) is 4.63. The number of ether oxygens (including phenoxy) is 1. The van der Waals surface area contributed by atoms with E-state index < -0.39 is 5.97 Å². The minimum atomic E-state index is -0.477. The van der Waals surface area contributed by atoms with Crippen LogP contribution in [0.5, 0.6) is 0 Å². The van der Waals surface area contributed by atoms with Crippen molar-refractivity contribution in [1.82, 2.24) is 0 Å². The number of hydrogen-bond donors (Lipinski definition) is 1. The highest BCUT2D eigenvalue weighted by Crippen LogP contribution is 2.20. The number of methoxy groups -OCH3 is 1. The zero-order valence-electron chi connectivity index (χ0n) is 8.64. The van der Waals surface area contributed by atoms with Gasteiger partial charge in [-0.1, -0.05) is 0 Å². The number of rotatable bonds is 1. The van der Waals surface area contributed by atoms with Crippen LogP contribution in [-0.2, 0) is 4.74 Å². The SMILES string of the molecule is COC(=O)c1cc(N)c2c(ccc[n+]2[O-])c1. The molecule has 5 nitrogen and oxygen atoms in total. The summed E-state index contributed by atoms with van der Waals surface area (Å²) >= 11 is 0. The van der Waals surface area contributed by atoms with Crippen molar-refractivity contribution < 1.29 is 14.3 Å². The third-order valence-electron chi connectivity index (χ3n) is 2.31. The maximum Gasteiger partial charge on any atom is 0.337 e. The number of carbonyl (C=O) groups is 1. The molecule has 0 fully saturated rings. The lowest BCUT2D eigenvalue weighted by molar-refractivity contribution is -0.576. The summed E-state index contributed by atoms with van der Waals surface area (Å²) < 4.78 is 5.26. The van der Waals surface area contributed by atoms with E-state index >= 15 is 0 Å². The van der Waals surface area contributed by atoms with Gasteiger partial charge in [0, 0.05) is 6.07 Å². The van der Waals surface area contributed by atoms with Crippen LogP contribution in [0.25, 0.3) is 10.9 Å². The Kier molecular flexibility index (Phi) is 2.36. The molecular formula is C11H10N2O3. The van der Waals surface area contributed by atoms with E-state index in [0.717, 1.165) is 0 Å². The Hall–Kier alpha value is -2.30. The molecule has 5 heteroatoms. The molecule has 0 aliphatic carbocycles. The molecule has 1 aromatic heterocycles. The Bertz CT molecular complexity index is 566. The van der Waals surface area contributed by atoms with Crippen LogP contribution < -0.4 is 10.5 Å². The first-order chi connectivity index (χ1) is 7.63. The van der Waals surface area contributed by atoms with Crippen molar-refractivity contribution in [3.63, 3.8) is 0 Å². The molecule has 82 valence electrons. The van der Waals surface area contributed by atoms with Gasteiger partial charge in [-0.05, 0) is 18.2 Å². The van der Waals surface area contributed by atoms with Crippen molar-refractivity contribution in [2.24, 2.45) is 0 Å². The fourth-order valence-electron chi connectivity index (χ4n) is 1.60. The number of carbonyl (C=O) groups excluding carboxylic acids is 1. The predicted octanol–water partition coefficient (Wildman–Crippen LogP) is 0.842. The molecule has 0 aliphatic rings. The van der Waals surface area contributed by atoms with Crippen LogP contribution in [0.3, 0.4) is 0 Å². The van der Waals surface area contributed by atoms with E-state index in [-0.39, 0.29) is 5.69 Å². The molecule has 0 unspecified atom stereocenters. The van der Waals surface area contributed by atoms with Crippen LogP contribution in [0, 0.1) is 5.21 Å². The summed E-state index contributed by atoms with van der Waals surface area (Å²) in [5.74, 6) is -0.477. The number of esters is 1. The molecule has 2 N–H and O–H groups in total. The second-order valence-electron chi connectivity index (χ2n) is 3.33. The third kappa shape index (κ3) is 1.52. The quantitative estimate of drug-likeness (QED) is 0.333. The molecule has 0 bridgehead atoms. The Morgan fingerprint density at radius 2 is 2.25 bits per heavy atom. The number of nitrogens with zero attached hydrogens (tertiary/aromatic N) is 1. The highest BCUT2D eigenvalue weighted by Gasteiger charge is 2.13. The maximum atomic E-state index is 11.5. The molecule has 1 aromatic carbocycles. The minimum Gasteiger partial charge on any atom is -0.618 e.